The number of carbonyl (C=O) groups excluding carboxylic acids is 1. The lowest BCUT2D eigenvalue weighted by Crippen LogP contribution is -2.29. The molecule has 18 heavy (non-hydrogen) atoms. The molecule has 96 valence electrons. The normalized spacial score (nSPS) is 12.3. The zero-order valence-corrected chi connectivity index (χ0v) is 10.3. The lowest BCUT2D eigenvalue weighted by molar-refractivity contribution is 0.0903. The van der Waals surface area contributed by atoms with Crippen LogP contribution in [0.15, 0.2) is 16.7 Å². The summed E-state index contributed by atoms with van der Waals surface area (Å²) in [5.74, 6) is 0.537. The number of H-pyrrole nitrogens is 1. The molecule has 0 aromatic carbocycles. The monoisotopic (exact) mass is 249 g/mol. The predicted molar refractivity (Wildman–Crippen MR) is 62.7 cm³/mol. The van der Waals surface area contributed by atoms with Gasteiger partial charge >= 0.3 is 0 Å². The van der Waals surface area contributed by atoms with E-state index in [1.807, 2.05) is 13.8 Å². The van der Waals surface area contributed by atoms with Gasteiger partial charge in [0.05, 0.1) is 12.3 Å². The molecule has 0 aliphatic heterocycles. The number of aromatic nitrogens is 4. The van der Waals surface area contributed by atoms with Gasteiger partial charge in [-0.05, 0) is 19.4 Å². The number of furan rings is 1. The topological polar surface area (TPSA) is 96.7 Å². The fourth-order valence-corrected chi connectivity index (χ4v) is 1.70. The second-order valence-corrected chi connectivity index (χ2v) is 4.02. The van der Waals surface area contributed by atoms with Crippen molar-refractivity contribution in [2.45, 2.75) is 32.7 Å². The molecule has 7 nitrogen and oxygen atoms in total. The third kappa shape index (κ3) is 2.55. The van der Waals surface area contributed by atoms with Crippen molar-refractivity contribution in [3.05, 3.63) is 29.5 Å². The Morgan fingerprint density at radius 1 is 1.61 bits per heavy atom. The summed E-state index contributed by atoms with van der Waals surface area (Å²) in [6.07, 6.45) is 3.13. The van der Waals surface area contributed by atoms with Crippen molar-refractivity contribution in [1.82, 2.24) is 25.9 Å². The van der Waals surface area contributed by atoms with Crippen molar-refractivity contribution < 1.29 is 9.21 Å². The lowest BCUT2D eigenvalue weighted by atomic mass is 10.1. The van der Waals surface area contributed by atoms with E-state index in [1.54, 1.807) is 6.07 Å². The second-order valence-electron chi connectivity index (χ2n) is 4.02. The third-order valence-electron chi connectivity index (χ3n) is 2.62. The minimum atomic E-state index is -0.263. The van der Waals surface area contributed by atoms with Crippen LogP contribution in [0.3, 0.4) is 0 Å². The van der Waals surface area contributed by atoms with E-state index >= 15 is 0 Å². The first-order valence-corrected chi connectivity index (χ1v) is 5.80. The number of amides is 1. The Hall–Kier alpha value is -2.18. The smallest absolute Gasteiger partial charge is 0.287 e. The first kappa shape index (κ1) is 12.3. The summed E-state index contributed by atoms with van der Waals surface area (Å²) >= 11 is 0. The molecule has 2 aromatic rings. The van der Waals surface area contributed by atoms with Crippen molar-refractivity contribution in [2.75, 3.05) is 0 Å². The molecule has 7 heteroatoms. The number of aromatic amines is 1. The van der Waals surface area contributed by atoms with Crippen LogP contribution in [0.25, 0.3) is 0 Å². The molecule has 2 heterocycles. The number of aryl methyl sites for hydroxylation is 1. The lowest BCUT2D eigenvalue weighted by Gasteiger charge is -2.13. The van der Waals surface area contributed by atoms with Crippen LogP contribution in [-0.2, 0) is 0 Å². The first-order chi connectivity index (χ1) is 8.72. The molecule has 0 bridgehead atoms. The Balaban J connectivity index is 2.10. The average molecular weight is 249 g/mol. The molecule has 0 radical (unpaired) electrons. The number of rotatable bonds is 5. The summed E-state index contributed by atoms with van der Waals surface area (Å²) in [6, 6.07) is 1.49. The largest absolute Gasteiger partial charge is 0.459 e. The van der Waals surface area contributed by atoms with Crippen LogP contribution in [0.1, 0.15) is 47.7 Å². The number of carbonyl (C=O) groups is 1. The van der Waals surface area contributed by atoms with Crippen LogP contribution < -0.4 is 5.32 Å². The van der Waals surface area contributed by atoms with Gasteiger partial charge in [0.2, 0.25) is 0 Å². The summed E-state index contributed by atoms with van der Waals surface area (Å²) in [5.41, 5.74) is 0.802. The Kier molecular flexibility index (Phi) is 3.71. The number of hydrogen-bond acceptors (Lipinski definition) is 5. The Morgan fingerprint density at radius 3 is 3.00 bits per heavy atom. The average Bonchev–Trinajstić information content (AvgIpc) is 2.98. The van der Waals surface area contributed by atoms with Crippen LogP contribution in [0.5, 0.6) is 0 Å². The van der Waals surface area contributed by atoms with E-state index < -0.39 is 0 Å². The van der Waals surface area contributed by atoms with E-state index in [0.29, 0.717) is 11.6 Å². The summed E-state index contributed by atoms with van der Waals surface area (Å²) in [4.78, 5) is 12.0. The van der Waals surface area contributed by atoms with E-state index in [4.69, 9.17) is 4.42 Å². The van der Waals surface area contributed by atoms with Gasteiger partial charge in [0.1, 0.15) is 0 Å². The van der Waals surface area contributed by atoms with E-state index in [-0.39, 0.29) is 11.9 Å². The number of nitrogens with zero attached hydrogens (tertiary/aromatic N) is 3. The maximum absolute atomic E-state index is 12.0. The molecule has 0 fully saturated rings. The molecule has 2 rings (SSSR count). The van der Waals surface area contributed by atoms with Crippen LogP contribution in [-0.4, -0.2) is 26.5 Å². The van der Waals surface area contributed by atoms with Crippen molar-refractivity contribution in [1.29, 1.82) is 0 Å². The Bertz CT molecular complexity index is 505. The fraction of sp³-hybridized carbons (Fsp3) is 0.455. The van der Waals surface area contributed by atoms with E-state index in [2.05, 4.69) is 25.9 Å². The van der Waals surface area contributed by atoms with Crippen molar-refractivity contribution in [2.24, 2.45) is 0 Å². The second kappa shape index (κ2) is 5.44. The molecule has 0 spiro atoms. The molecule has 2 aromatic heterocycles. The molecule has 0 saturated carbocycles. The molecule has 0 aliphatic carbocycles. The molecule has 0 saturated heterocycles. The highest BCUT2D eigenvalue weighted by molar-refractivity contribution is 5.92. The third-order valence-corrected chi connectivity index (χ3v) is 2.62. The van der Waals surface area contributed by atoms with Crippen LogP contribution in [0.4, 0.5) is 0 Å². The SMILES string of the molecule is CCCC(NC(=O)c1occc1C)c1nn[nH]n1. The van der Waals surface area contributed by atoms with E-state index in [0.717, 1.165) is 18.4 Å². The molecule has 1 atom stereocenters. The first-order valence-electron chi connectivity index (χ1n) is 5.80. The minimum Gasteiger partial charge on any atom is -0.459 e. The fourth-order valence-electron chi connectivity index (χ4n) is 1.70. The molecule has 0 aliphatic rings. The van der Waals surface area contributed by atoms with Crippen LogP contribution in [0.2, 0.25) is 0 Å². The van der Waals surface area contributed by atoms with Crippen molar-refractivity contribution in [3.63, 3.8) is 0 Å². The van der Waals surface area contributed by atoms with Gasteiger partial charge in [0.15, 0.2) is 11.6 Å². The van der Waals surface area contributed by atoms with E-state index in [1.165, 1.54) is 6.26 Å². The van der Waals surface area contributed by atoms with Crippen molar-refractivity contribution >= 4 is 5.91 Å². The minimum absolute atomic E-state index is 0.259. The molecule has 1 unspecified atom stereocenters. The maximum Gasteiger partial charge on any atom is 0.287 e. The quantitative estimate of drug-likeness (QED) is 0.834. The summed E-state index contributed by atoms with van der Waals surface area (Å²) in [7, 11) is 0. The highest BCUT2D eigenvalue weighted by Gasteiger charge is 2.21. The van der Waals surface area contributed by atoms with Gasteiger partial charge in [0.25, 0.3) is 5.91 Å². The number of hydrogen-bond donors (Lipinski definition) is 2. The van der Waals surface area contributed by atoms with Gasteiger partial charge in [0, 0.05) is 5.56 Å². The van der Waals surface area contributed by atoms with Gasteiger partial charge < -0.3 is 9.73 Å². The highest BCUT2D eigenvalue weighted by Crippen LogP contribution is 2.15. The predicted octanol–water partition coefficient (Wildman–Crippen LogP) is 1.37. The molecular weight excluding hydrogens is 234 g/mol. The van der Waals surface area contributed by atoms with Gasteiger partial charge in [-0.1, -0.05) is 18.6 Å². The summed E-state index contributed by atoms with van der Waals surface area (Å²) in [5, 5.41) is 16.5. The molecular formula is C11H15N5O2. The van der Waals surface area contributed by atoms with E-state index in [9.17, 15) is 4.79 Å². The summed E-state index contributed by atoms with van der Waals surface area (Å²) in [6.45, 7) is 3.85. The molecule has 1 amide bonds. The Labute approximate surface area is 104 Å². The van der Waals surface area contributed by atoms with Crippen LogP contribution >= 0.6 is 0 Å². The zero-order chi connectivity index (χ0) is 13.0. The Morgan fingerprint density at radius 2 is 2.44 bits per heavy atom. The maximum atomic E-state index is 12.0. The number of tetrazole rings is 1. The summed E-state index contributed by atoms with van der Waals surface area (Å²) < 4.78 is 5.15. The van der Waals surface area contributed by atoms with Gasteiger partial charge in [-0.25, -0.2) is 0 Å². The van der Waals surface area contributed by atoms with Gasteiger partial charge in [-0.15, -0.1) is 10.2 Å². The number of nitrogens with one attached hydrogen (secondary N) is 2. The van der Waals surface area contributed by atoms with Gasteiger partial charge in [-0.2, -0.15) is 5.21 Å². The van der Waals surface area contributed by atoms with Gasteiger partial charge in [-0.3, -0.25) is 4.79 Å². The van der Waals surface area contributed by atoms with Crippen molar-refractivity contribution in [3.8, 4) is 0 Å². The van der Waals surface area contributed by atoms with Crippen LogP contribution in [0, 0.1) is 6.92 Å². The highest BCUT2D eigenvalue weighted by atomic mass is 16.3. The standard InChI is InChI=1S/C11H15N5O2/c1-3-4-8(10-13-15-16-14-10)12-11(17)9-7(2)5-6-18-9/h5-6,8H,3-4H2,1-2H3,(H,12,17)(H,13,14,15,16). The molecule has 2 N–H and O–H groups in total. The zero-order valence-electron chi connectivity index (χ0n) is 10.3.